The Bertz CT molecular complexity index is 900. The van der Waals surface area contributed by atoms with Gasteiger partial charge in [0.25, 0.3) is 0 Å². The van der Waals surface area contributed by atoms with Crippen LogP contribution in [0, 0.1) is 11.3 Å². The summed E-state index contributed by atoms with van der Waals surface area (Å²) in [6, 6.07) is 8.91. The summed E-state index contributed by atoms with van der Waals surface area (Å²) in [7, 11) is 1.51. The van der Waals surface area contributed by atoms with Crippen molar-refractivity contribution in [3.05, 3.63) is 29.8 Å². The average Bonchev–Trinajstić information content (AvgIpc) is 3.23. The number of anilines is 1. The lowest BCUT2D eigenvalue weighted by molar-refractivity contribution is -0.175. The fraction of sp³-hybridized carbons (Fsp3) is 0.652. The van der Waals surface area contributed by atoms with Crippen molar-refractivity contribution in [3.63, 3.8) is 0 Å². The quantitative estimate of drug-likeness (QED) is 0.703. The third-order valence-electron chi connectivity index (χ3n) is 9.11. The molecule has 2 unspecified atom stereocenters. The van der Waals surface area contributed by atoms with Crippen molar-refractivity contribution in [3.8, 4) is 0 Å². The van der Waals surface area contributed by atoms with Crippen LogP contribution in [0.15, 0.2) is 24.3 Å². The van der Waals surface area contributed by atoms with Gasteiger partial charge in [-0.05, 0) is 68.7 Å². The summed E-state index contributed by atoms with van der Waals surface area (Å²) in [5, 5.41) is 0. The summed E-state index contributed by atoms with van der Waals surface area (Å²) in [5.74, 6) is -0.307. The molecule has 0 aromatic heterocycles. The summed E-state index contributed by atoms with van der Waals surface area (Å²) >= 11 is 0. The van der Waals surface area contributed by atoms with Crippen LogP contribution in [-0.4, -0.2) is 48.6 Å². The van der Waals surface area contributed by atoms with Gasteiger partial charge in [-0.2, -0.15) is 0 Å². The molecule has 148 valence electrons. The molecule has 1 amide bonds. The highest BCUT2D eigenvalue weighted by atomic mass is 16.5. The smallest absolute Gasteiger partial charge is 0.311 e. The lowest BCUT2D eigenvalue weighted by Crippen LogP contribution is -2.79. The van der Waals surface area contributed by atoms with Gasteiger partial charge >= 0.3 is 5.97 Å². The Morgan fingerprint density at radius 2 is 1.93 bits per heavy atom. The molecule has 1 aromatic rings. The number of hydrogen-bond donors (Lipinski definition) is 0. The SMILES string of the molecule is COC(=O)[C@@H]1CC23CCCN4CC[C@]5(c6ccccc6N(C(C)=O)C15CC2)[C@H]43. The van der Waals surface area contributed by atoms with Crippen LogP contribution >= 0.6 is 0 Å². The maximum absolute atomic E-state index is 13.2. The van der Waals surface area contributed by atoms with Crippen LogP contribution in [0.4, 0.5) is 5.69 Å². The number of amides is 1. The maximum Gasteiger partial charge on any atom is 0.311 e. The van der Waals surface area contributed by atoms with Crippen LogP contribution in [0.1, 0.15) is 51.0 Å². The number of fused-ring (bicyclic) bond motifs is 3. The van der Waals surface area contributed by atoms with E-state index in [0.29, 0.717) is 6.04 Å². The number of hydrogen-bond acceptors (Lipinski definition) is 4. The Kier molecular flexibility index (Phi) is 3.15. The van der Waals surface area contributed by atoms with E-state index in [1.54, 1.807) is 6.92 Å². The van der Waals surface area contributed by atoms with Crippen LogP contribution in [0.5, 0.6) is 0 Å². The van der Waals surface area contributed by atoms with Crippen LogP contribution < -0.4 is 4.90 Å². The molecule has 1 aromatic carbocycles. The predicted molar refractivity (Wildman–Crippen MR) is 105 cm³/mol. The first-order valence-electron chi connectivity index (χ1n) is 10.7. The van der Waals surface area contributed by atoms with Crippen molar-refractivity contribution in [2.75, 3.05) is 25.1 Å². The van der Waals surface area contributed by atoms with E-state index in [2.05, 4.69) is 23.1 Å². The highest BCUT2D eigenvalue weighted by Gasteiger charge is 2.81. The summed E-state index contributed by atoms with van der Waals surface area (Å²) in [4.78, 5) is 31.0. The normalized spacial score (nSPS) is 42.7. The molecule has 3 heterocycles. The second kappa shape index (κ2) is 5.18. The summed E-state index contributed by atoms with van der Waals surface area (Å²) in [6.45, 7) is 3.89. The zero-order chi connectivity index (χ0) is 19.3. The minimum Gasteiger partial charge on any atom is -0.469 e. The minimum absolute atomic E-state index is 0.0573. The van der Waals surface area contributed by atoms with E-state index in [1.165, 1.54) is 25.5 Å². The largest absolute Gasteiger partial charge is 0.469 e. The topological polar surface area (TPSA) is 49.9 Å². The Hall–Kier alpha value is -1.88. The Labute approximate surface area is 166 Å². The number of carbonyl (C=O) groups excluding carboxylic acids is 2. The molecule has 2 bridgehead atoms. The van der Waals surface area contributed by atoms with E-state index < -0.39 is 5.54 Å². The highest BCUT2D eigenvalue weighted by molar-refractivity contribution is 5.99. The number of carbonyl (C=O) groups is 2. The second-order valence-electron chi connectivity index (χ2n) is 9.70. The number of esters is 1. The molecule has 28 heavy (non-hydrogen) atoms. The number of ether oxygens (including phenoxy) is 1. The average molecular weight is 380 g/mol. The molecule has 6 aliphatic rings. The Morgan fingerprint density at radius 3 is 2.71 bits per heavy atom. The third-order valence-corrected chi connectivity index (χ3v) is 9.11. The van der Waals surface area contributed by atoms with Gasteiger partial charge in [-0.1, -0.05) is 18.2 Å². The number of rotatable bonds is 1. The first-order valence-corrected chi connectivity index (χ1v) is 10.7. The van der Waals surface area contributed by atoms with Crippen molar-refractivity contribution in [2.45, 2.75) is 62.4 Å². The summed E-state index contributed by atoms with van der Waals surface area (Å²) < 4.78 is 5.36. The van der Waals surface area contributed by atoms with E-state index in [1.807, 2.05) is 11.0 Å². The van der Waals surface area contributed by atoms with Gasteiger partial charge in [-0.25, -0.2) is 0 Å². The van der Waals surface area contributed by atoms with Gasteiger partial charge in [0.15, 0.2) is 0 Å². The van der Waals surface area contributed by atoms with Gasteiger partial charge in [0, 0.05) is 24.1 Å². The highest BCUT2D eigenvalue weighted by Crippen LogP contribution is 2.75. The monoisotopic (exact) mass is 380 g/mol. The van der Waals surface area contributed by atoms with Crippen molar-refractivity contribution in [1.82, 2.24) is 4.90 Å². The zero-order valence-corrected chi connectivity index (χ0v) is 16.7. The number of nitrogens with zero attached hydrogens (tertiary/aromatic N) is 2. The molecule has 0 N–H and O–H groups in total. The second-order valence-corrected chi connectivity index (χ2v) is 9.70. The maximum atomic E-state index is 13.2. The first kappa shape index (κ1) is 17.0. The van der Waals surface area contributed by atoms with E-state index in [0.717, 1.165) is 44.5 Å². The third kappa shape index (κ3) is 1.55. The summed E-state index contributed by atoms with van der Waals surface area (Å²) in [6.07, 6.45) is 6.33. The molecule has 3 aliphatic carbocycles. The molecule has 3 spiro atoms. The Morgan fingerprint density at radius 1 is 1.11 bits per heavy atom. The molecule has 5 heteroatoms. The lowest BCUT2D eigenvalue weighted by Gasteiger charge is -2.70. The lowest BCUT2D eigenvalue weighted by atomic mass is 9.38. The minimum atomic E-state index is -0.478. The Balaban J connectivity index is 1.70. The van der Waals surface area contributed by atoms with E-state index in [-0.39, 0.29) is 28.6 Å². The van der Waals surface area contributed by atoms with Crippen molar-refractivity contribution >= 4 is 17.6 Å². The van der Waals surface area contributed by atoms with Crippen molar-refractivity contribution < 1.29 is 14.3 Å². The molecule has 2 saturated heterocycles. The molecule has 5 fully saturated rings. The molecular weight excluding hydrogens is 352 g/mol. The van der Waals surface area contributed by atoms with E-state index in [9.17, 15) is 9.59 Å². The van der Waals surface area contributed by atoms with Crippen molar-refractivity contribution in [2.24, 2.45) is 11.3 Å². The van der Waals surface area contributed by atoms with Gasteiger partial charge in [0.1, 0.15) is 0 Å². The number of benzene rings is 1. The van der Waals surface area contributed by atoms with Gasteiger partial charge < -0.3 is 9.64 Å². The number of para-hydroxylation sites is 1. The molecule has 7 rings (SSSR count). The molecule has 0 radical (unpaired) electrons. The van der Waals surface area contributed by atoms with Crippen LogP contribution in [-0.2, 0) is 19.7 Å². The molecule has 3 saturated carbocycles. The summed E-state index contributed by atoms with van der Waals surface area (Å²) in [5.41, 5.74) is 1.89. The molecule has 5 nitrogen and oxygen atoms in total. The molecule has 5 atom stereocenters. The molecular formula is C23H28N2O3. The standard InChI is InChI=1S/C23H28N2O3/c1-15(26)25-18-7-4-3-6-16(18)22-11-13-24-12-5-8-21(20(22)24)9-10-23(22,25)17(14-21)19(27)28-2/h3-4,6-7,17,20H,5,8-14H2,1-2H3/t17-,20+,21?,22-,23?/m0/s1. The first-order chi connectivity index (χ1) is 13.5. The van der Waals surface area contributed by atoms with Crippen LogP contribution in [0.2, 0.25) is 0 Å². The van der Waals surface area contributed by atoms with E-state index in [4.69, 9.17) is 4.74 Å². The predicted octanol–water partition coefficient (Wildman–Crippen LogP) is 2.87. The van der Waals surface area contributed by atoms with E-state index >= 15 is 0 Å². The number of methoxy groups -OCH3 is 1. The fourth-order valence-electron chi connectivity index (χ4n) is 8.69. The van der Waals surface area contributed by atoms with Gasteiger partial charge in [-0.15, -0.1) is 0 Å². The van der Waals surface area contributed by atoms with Crippen LogP contribution in [0.25, 0.3) is 0 Å². The fourth-order valence-corrected chi connectivity index (χ4v) is 8.69. The zero-order valence-electron chi connectivity index (χ0n) is 16.7. The van der Waals surface area contributed by atoms with Crippen molar-refractivity contribution in [1.29, 1.82) is 0 Å². The molecule has 3 aliphatic heterocycles. The van der Waals surface area contributed by atoms with Crippen LogP contribution in [0.3, 0.4) is 0 Å². The van der Waals surface area contributed by atoms with Gasteiger partial charge in [-0.3, -0.25) is 14.5 Å². The number of piperidine rings is 1. The van der Waals surface area contributed by atoms with Gasteiger partial charge in [0.2, 0.25) is 5.91 Å². The van der Waals surface area contributed by atoms with Gasteiger partial charge in [0.05, 0.1) is 18.6 Å².